The van der Waals surface area contributed by atoms with Crippen LogP contribution < -0.4 is 0 Å². The van der Waals surface area contributed by atoms with Crippen LogP contribution in [0.25, 0.3) is 0 Å². The molecule has 0 saturated carbocycles. The van der Waals surface area contributed by atoms with E-state index >= 15 is 0 Å². The molecule has 0 radical (unpaired) electrons. The number of carbonyl (C=O) groups is 2. The highest BCUT2D eigenvalue weighted by molar-refractivity contribution is 5.94. The van der Waals surface area contributed by atoms with Crippen molar-refractivity contribution in [1.29, 1.82) is 0 Å². The summed E-state index contributed by atoms with van der Waals surface area (Å²) in [5, 5.41) is 4.48. The van der Waals surface area contributed by atoms with Gasteiger partial charge in [0, 0.05) is 38.4 Å². The van der Waals surface area contributed by atoms with Crippen molar-refractivity contribution < 1.29 is 9.59 Å². The van der Waals surface area contributed by atoms with Crippen molar-refractivity contribution >= 4 is 11.8 Å². The maximum Gasteiger partial charge on any atom is 0.274 e. The molecular weight excluding hydrogens is 352 g/mol. The molecule has 1 atom stereocenters. The van der Waals surface area contributed by atoms with Gasteiger partial charge in [-0.25, -0.2) is 0 Å². The van der Waals surface area contributed by atoms with Crippen LogP contribution in [0.4, 0.5) is 0 Å². The lowest BCUT2D eigenvalue weighted by atomic mass is 9.85. The van der Waals surface area contributed by atoms with Crippen molar-refractivity contribution in [3.8, 4) is 0 Å². The van der Waals surface area contributed by atoms with Gasteiger partial charge >= 0.3 is 0 Å². The number of nitrogens with zero attached hydrogens (tertiary/aromatic N) is 4. The van der Waals surface area contributed by atoms with Crippen molar-refractivity contribution in [2.24, 2.45) is 5.41 Å². The van der Waals surface area contributed by atoms with E-state index in [9.17, 15) is 9.59 Å². The van der Waals surface area contributed by atoms with Gasteiger partial charge in [0.1, 0.15) is 0 Å². The van der Waals surface area contributed by atoms with Gasteiger partial charge in [0.05, 0.1) is 5.41 Å². The van der Waals surface area contributed by atoms with Crippen molar-refractivity contribution in [2.45, 2.75) is 38.6 Å². The average Bonchev–Trinajstić information content (AvgIpc) is 3.47. The highest BCUT2D eigenvalue weighted by atomic mass is 16.2. The molecule has 3 aliphatic heterocycles. The molecule has 1 spiro atoms. The lowest BCUT2D eigenvalue weighted by Crippen LogP contribution is -2.39. The number of rotatable bonds is 4. The summed E-state index contributed by atoms with van der Waals surface area (Å²) in [4.78, 5) is 29.9. The van der Waals surface area contributed by atoms with Gasteiger partial charge in [-0.3, -0.25) is 14.3 Å². The average molecular weight is 378 g/mol. The Kier molecular flexibility index (Phi) is 4.22. The molecule has 2 saturated heterocycles. The third kappa shape index (κ3) is 2.91. The van der Waals surface area contributed by atoms with Gasteiger partial charge < -0.3 is 9.80 Å². The number of amides is 2. The summed E-state index contributed by atoms with van der Waals surface area (Å²) in [6, 6.07) is 12.2. The molecule has 0 aliphatic carbocycles. The van der Waals surface area contributed by atoms with E-state index in [1.165, 1.54) is 5.56 Å². The zero-order valence-corrected chi connectivity index (χ0v) is 16.1. The van der Waals surface area contributed by atoms with Gasteiger partial charge in [-0.2, -0.15) is 5.10 Å². The van der Waals surface area contributed by atoms with Gasteiger partial charge in [0.15, 0.2) is 5.69 Å². The smallest absolute Gasteiger partial charge is 0.274 e. The Labute approximate surface area is 165 Å². The first-order valence-electron chi connectivity index (χ1n) is 10.3. The minimum Gasteiger partial charge on any atom is -0.342 e. The highest BCUT2D eigenvalue weighted by Gasteiger charge is 2.51. The van der Waals surface area contributed by atoms with E-state index in [0.717, 1.165) is 57.4 Å². The summed E-state index contributed by atoms with van der Waals surface area (Å²) < 4.78 is 1.95. The van der Waals surface area contributed by atoms with Gasteiger partial charge in [-0.15, -0.1) is 0 Å². The van der Waals surface area contributed by atoms with Gasteiger partial charge in [-0.05, 0) is 43.7 Å². The molecule has 3 aliphatic rings. The first-order valence-corrected chi connectivity index (χ1v) is 10.3. The van der Waals surface area contributed by atoms with E-state index in [0.29, 0.717) is 18.8 Å². The molecule has 4 heterocycles. The third-order valence-corrected chi connectivity index (χ3v) is 6.64. The highest BCUT2D eigenvalue weighted by Crippen LogP contribution is 2.41. The van der Waals surface area contributed by atoms with Crippen LogP contribution in [-0.4, -0.2) is 57.6 Å². The van der Waals surface area contributed by atoms with E-state index in [4.69, 9.17) is 0 Å². The normalized spacial score (nSPS) is 23.8. The van der Waals surface area contributed by atoms with Crippen LogP contribution in [0.2, 0.25) is 0 Å². The fourth-order valence-electron chi connectivity index (χ4n) is 4.97. The number of fused-ring (bicyclic) bond motifs is 1. The Morgan fingerprint density at radius 1 is 1.11 bits per heavy atom. The zero-order valence-electron chi connectivity index (χ0n) is 16.1. The summed E-state index contributed by atoms with van der Waals surface area (Å²) in [6.45, 7) is 3.65. The van der Waals surface area contributed by atoms with Crippen LogP contribution in [0.1, 0.15) is 41.0 Å². The maximum atomic E-state index is 13.1. The Hall–Kier alpha value is -2.63. The number of aromatic nitrogens is 2. The molecule has 2 aromatic rings. The molecule has 0 N–H and O–H groups in total. The van der Waals surface area contributed by atoms with E-state index in [1.54, 1.807) is 0 Å². The molecule has 5 rings (SSSR count). The van der Waals surface area contributed by atoms with Gasteiger partial charge in [0.2, 0.25) is 5.91 Å². The Morgan fingerprint density at radius 2 is 1.93 bits per heavy atom. The molecule has 28 heavy (non-hydrogen) atoms. The largest absolute Gasteiger partial charge is 0.342 e. The minimum atomic E-state index is -0.380. The predicted molar refractivity (Wildman–Crippen MR) is 105 cm³/mol. The Bertz CT molecular complexity index is 885. The standard InChI is InChI=1S/C22H26N4O2/c27-20(19-15-18-7-4-11-26(18)23-19)25-14-10-22(16-25)9-13-24(21(22)28)12-8-17-5-2-1-3-6-17/h1-3,5-6,15H,4,7-14,16H2. The first-order chi connectivity index (χ1) is 13.6. The summed E-state index contributed by atoms with van der Waals surface area (Å²) in [5.41, 5.74) is 2.57. The van der Waals surface area contributed by atoms with Crippen molar-refractivity contribution in [2.75, 3.05) is 26.2 Å². The molecule has 1 unspecified atom stereocenters. The fraction of sp³-hybridized carbons (Fsp3) is 0.500. The molecule has 6 nitrogen and oxygen atoms in total. The molecule has 0 bridgehead atoms. The van der Waals surface area contributed by atoms with Crippen LogP contribution >= 0.6 is 0 Å². The Morgan fingerprint density at radius 3 is 2.75 bits per heavy atom. The van der Waals surface area contributed by atoms with Gasteiger partial charge in [0.25, 0.3) is 5.91 Å². The summed E-state index contributed by atoms with van der Waals surface area (Å²) in [5.74, 6) is 0.209. The molecule has 1 aromatic carbocycles. The minimum absolute atomic E-state index is 0.0192. The first kappa shape index (κ1) is 17.5. The number of likely N-dealkylation sites (tertiary alicyclic amines) is 2. The quantitative estimate of drug-likeness (QED) is 0.819. The summed E-state index contributed by atoms with van der Waals surface area (Å²) >= 11 is 0. The van der Waals surface area contributed by atoms with Crippen molar-refractivity contribution in [1.82, 2.24) is 19.6 Å². The molecule has 2 amide bonds. The Balaban J connectivity index is 1.23. The predicted octanol–water partition coefficient (Wildman–Crippen LogP) is 2.14. The number of carbonyl (C=O) groups excluding carboxylic acids is 2. The number of aryl methyl sites for hydroxylation is 2. The van der Waals surface area contributed by atoms with Crippen molar-refractivity contribution in [3.63, 3.8) is 0 Å². The van der Waals surface area contributed by atoms with Crippen LogP contribution in [0.5, 0.6) is 0 Å². The van der Waals surface area contributed by atoms with E-state index in [-0.39, 0.29) is 17.2 Å². The van der Waals surface area contributed by atoms with Crippen LogP contribution in [0.15, 0.2) is 36.4 Å². The third-order valence-electron chi connectivity index (χ3n) is 6.64. The SMILES string of the molecule is O=C(c1cc2n(n1)CCC2)N1CCC2(CCN(CCc3ccccc3)C2=O)C1. The van der Waals surface area contributed by atoms with Crippen LogP contribution in [0.3, 0.4) is 0 Å². The van der Waals surface area contributed by atoms with Crippen LogP contribution in [0, 0.1) is 5.41 Å². The summed E-state index contributed by atoms with van der Waals surface area (Å²) in [7, 11) is 0. The van der Waals surface area contributed by atoms with Crippen molar-refractivity contribution in [3.05, 3.63) is 53.3 Å². The second-order valence-electron chi connectivity index (χ2n) is 8.38. The van der Waals surface area contributed by atoms with E-state index in [2.05, 4.69) is 17.2 Å². The fourth-order valence-corrected chi connectivity index (χ4v) is 4.97. The second kappa shape index (κ2) is 6.76. The zero-order chi connectivity index (χ0) is 19.1. The molecule has 1 aromatic heterocycles. The lowest BCUT2D eigenvalue weighted by molar-refractivity contribution is -0.135. The molecule has 146 valence electrons. The topological polar surface area (TPSA) is 58.4 Å². The second-order valence-corrected chi connectivity index (χ2v) is 8.38. The molecule has 2 fully saturated rings. The number of benzene rings is 1. The number of hydrogen-bond acceptors (Lipinski definition) is 3. The van der Waals surface area contributed by atoms with E-state index in [1.807, 2.05) is 38.7 Å². The van der Waals surface area contributed by atoms with Crippen LogP contribution in [-0.2, 0) is 24.2 Å². The summed E-state index contributed by atoms with van der Waals surface area (Å²) in [6.07, 6.45) is 4.61. The van der Waals surface area contributed by atoms with E-state index < -0.39 is 0 Å². The molecule has 6 heteroatoms. The monoisotopic (exact) mass is 378 g/mol. The van der Waals surface area contributed by atoms with Gasteiger partial charge in [-0.1, -0.05) is 30.3 Å². The lowest BCUT2D eigenvalue weighted by Gasteiger charge is -2.23. The maximum absolute atomic E-state index is 13.1. The molecular formula is C22H26N4O2. The number of hydrogen-bond donors (Lipinski definition) is 0.